The van der Waals surface area contributed by atoms with Gasteiger partial charge >= 0.3 is 0 Å². The Morgan fingerprint density at radius 1 is 1.21 bits per heavy atom. The van der Waals surface area contributed by atoms with E-state index in [-0.39, 0.29) is 24.4 Å². The first-order chi connectivity index (χ1) is 16.2. The van der Waals surface area contributed by atoms with E-state index in [2.05, 4.69) is 15.4 Å². The molecule has 0 aliphatic carbocycles. The average Bonchev–Trinajstić information content (AvgIpc) is 3.22. The Labute approximate surface area is 199 Å². The third-order valence-corrected chi connectivity index (χ3v) is 6.00. The molecule has 0 bridgehead atoms. The molecule has 34 heavy (non-hydrogen) atoms. The smallest absolute Gasteiger partial charge is 0.254 e. The predicted molar refractivity (Wildman–Crippen MR) is 135 cm³/mol. The highest BCUT2D eigenvalue weighted by atomic mass is 16.2. The fraction of sp³-hybridized carbons (Fsp3) is 0.346. The fourth-order valence-corrected chi connectivity index (χ4v) is 4.12. The molecular formula is C26H30N6O2. The Morgan fingerprint density at radius 3 is 2.65 bits per heavy atom. The number of carbonyl (C=O) groups is 2. The van der Waals surface area contributed by atoms with Crippen LogP contribution in [0, 0.1) is 5.92 Å². The van der Waals surface area contributed by atoms with Crippen LogP contribution in [0.25, 0.3) is 22.3 Å². The number of anilines is 1. The van der Waals surface area contributed by atoms with Crippen LogP contribution in [0.2, 0.25) is 0 Å². The van der Waals surface area contributed by atoms with E-state index >= 15 is 0 Å². The number of dihydropyridines is 1. The summed E-state index contributed by atoms with van der Waals surface area (Å²) < 4.78 is 1.82. The molecule has 2 aromatic heterocycles. The summed E-state index contributed by atoms with van der Waals surface area (Å²) in [4.78, 5) is 36.7. The second-order valence-corrected chi connectivity index (χ2v) is 9.16. The molecule has 1 aliphatic heterocycles. The molecule has 8 nitrogen and oxygen atoms in total. The van der Waals surface area contributed by atoms with E-state index in [0.29, 0.717) is 28.0 Å². The molecule has 0 spiro atoms. The van der Waals surface area contributed by atoms with Gasteiger partial charge in [-0.3, -0.25) is 9.59 Å². The SMILES string of the molecule is CC1=CC(C)=NC(=O)C1CNC(=O)c1cc(-c2cccc(N(C)C)c2)nc2c1cnn2C(C)C. The fourth-order valence-electron chi connectivity index (χ4n) is 4.12. The molecular weight excluding hydrogens is 428 g/mol. The number of nitrogens with one attached hydrogen (secondary N) is 1. The lowest BCUT2D eigenvalue weighted by atomic mass is 9.95. The first-order valence-corrected chi connectivity index (χ1v) is 11.4. The number of hydrogen-bond donors (Lipinski definition) is 1. The van der Waals surface area contributed by atoms with Gasteiger partial charge in [0, 0.05) is 43.6 Å². The van der Waals surface area contributed by atoms with E-state index in [1.807, 2.05) is 74.8 Å². The maximum Gasteiger partial charge on any atom is 0.254 e. The molecule has 3 heterocycles. The number of nitrogens with zero attached hydrogens (tertiary/aromatic N) is 5. The van der Waals surface area contributed by atoms with Crippen molar-refractivity contribution in [2.45, 2.75) is 33.7 Å². The first kappa shape index (κ1) is 23.4. The summed E-state index contributed by atoms with van der Waals surface area (Å²) in [6, 6.07) is 9.90. The lowest BCUT2D eigenvalue weighted by molar-refractivity contribution is -0.120. The molecule has 0 radical (unpaired) electrons. The molecule has 1 aliphatic rings. The lowest BCUT2D eigenvalue weighted by Crippen LogP contribution is -2.34. The maximum absolute atomic E-state index is 13.4. The number of rotatable bonds is 6. The maximum atomic E-state index is 13.4. The lowest BCUT2D eigenvalue weighted by Gasteiger charge is -2.19. The van der Waals surface area contributed by atoms with Gasteiger partial charge in [-0.2, -0.15) is 5.10 Å². The number of aliphatic imine (C=N–C) groups is 1. The van der Waals surface area contributed by atoms with Gasteiger partial charge in [0.1, 0.15) is 0 Å². The van der Waals surface area contributed by atoms with Crippen LogP contribution in [0.15, 0.2) is 53.2 Å². The van der Waals surface area contributed by atoms with Gasteiger partial charge in [0.05, 0.1) is 28.8 Å². The van der Waals surface area contributed by atoms with Crippen molar-refractivity contribution >= 4 is 34.2 Å². The summed E-state index contributed by atoms with van der Waals surface area (Å²) >= 11 is 0. The zero-order chi connectivity index (χ0) is 24.6. The molecule has 176 valence electrons. The van der Waals surface area contributed by atoms with Crippen LogP contribution < -0.4 is 10.2 Å². The summed E-state index contributed by atoms with van der Waals surface area (Å²) in [5, 5.41) is 8.10. The van der Waals surface area contributed by atoms with Crippen molar-refractivity contribution in [3.8, 4) is 11.3 Å². The minimum absolute atomic E-state index is 0.0815. The number of aromatic nitrogens is 3. The van der Waals surface area contributed by atoms with Crippen LogP contribution in [0.4, 0.5) is 5.69 Å². The van der Waals surface area contributed by atoms with E-state index in [4.69, 9.17) is 4.98 Å². The Hall–Kier alpha value is -3.81. The van der Waals surface area contributed by atoms with Gasteiger partial charge < -0.3 is 10.2 Å². The standard InChI is InChI=1S/C26H30N6O2/c1-15(2)32-24-22(14-28-32)20(12-23(30-24)18-8-7-9-19(11-18)31(5)6)25(33)27-13-21-16(3)10-17(4)29-26(21)34/h7-12,14-15,21H,13H2,1-6H3,(H,27,33). The van der Waals surface area contributed by atoms with E-state index in [1.54, 1.807) is 19.2 Å². The van der Waals surface area contributed by atoms with Crippen molar-refractivity contribution in [2.75, 3.05) is 25.5 Å². The van der Waals surface area contributed by atoms with Crippen molar-refractivity contribution in [3.63, 3.8) is 0 Å². The molecule has 8 heteroatoms. The molecule has 2 amide bonds. The van der Waals surface area contributed by atoms with Crippen molar-refractivity contribution in [1.29, 1.82) is 0 Å². The molecule has 0 saturated heterocycles. The van der Waals surface area contributed by atoms with Crippen molar-refractivity contribution in [1.82, 2.24) is 20.1 Å². The Kier molecular flexibility index (Phi) is 6.32. The van der Waals surface area contributed by atoms with Gasteiger partial charge in [-0.1, -0.05) is 17.7 Å². The highest BCUT2D eigenvalue weighted by Gasteiger charge is 2.25. The summed E-state index contributed by atoms with van der Waals surface area (Å²) in [6.07, 6.45) is 3.56. The molecule has 0 fully saturated rings. The van der Waals surface area contributed by atoms with E-state index in [9.17, 15) is 9.59 Å². The van der Waals surface area contributed by atoms with Crippen molar-refractivity contribution < 1.29 is 9.59 Å². The highest BCUT2D eigenvalue weighted by molar-refractivity contribution is 6.08. The summed E-state index contributed by atoms with van der Waals surface area (Å²) in [5.41, 5.74) is 5.35. The molecule has 1 atom stereocenters. The third kappa shape index (κ3) is 4.48. The second kappa shape index (κ2) is 9.21. The molecule has 3 aromatic rings. The van der Waals surface area contributed by atoms with E-state index in [0.717, 1.165) is 16.8 Å². The van der Waals surface area contributed by atoms with Crippen LogP contribution in [0.5, 0.6) is 0 Å². The van der Waals surface area contributed by atoms with Crippen molar-refractivity contribution in [3.05, 3.63) is 53.7 Å². The van der Waals surface area contributed by atoms with E-state index < -0.39 is 5.92 Å². The van der Waals surface area contributed by atoms with Crippen LogP contribution in [0.3, 0.4) is 0 Å². The van der Waals surface area contributed by atoms with Gasteiger partial charge in [-0.25, -0.2) is 14.7 Å². The topological polar surface area (TPSA) is 92.5 Å². The highest BCUT2D eigenvalue weighted by Crippen LogP contribution is 2.28. The Balaban J connectivity index is 1.73. The monoisotopic (exact) mass is 458 g/mol. The van der Waals surface area contributed by atoms with Crippen LogP contribution >= 0.6 is 0 Å². The third-order valence-electron chi connectivity index (χ3n) is 6.00. The number of carbonyl (C=O) groups excluding carboxylic acids is 2. The van der Waals surface area contributed by atoms with Crippen LogP contribution in [-0.2, 0) is 4.79 Å². The van der Waals surface area contributed by atoms with Gasteiger partial charge in [-0.15, -0.1) is 0 Å². The van der Waals surface area contributed by atoms with Gasteiger partial charge in [0.25, 0.3) is 11.8 Å². The number of amides is 2. The molecule has 0 saturated carbocycles. The number of benzene rings is 1. The number of allylic oxidation sites excluding steroid dienone is 1. The first-order valence-electron chi connectivity index (χ1n) is 11.4. The van der Waals surface area contributed by atoms with Crippen molar-refractivity contribution in [2.24, 2.45) is 10.9 Å². The van der Waals surface area contributed by atoms with Gasteiger partial charge in [-0.05, 0) is 52.0 Å². The summed E-state index contributed by atoms with van der Waals surface area (Å²) in [5.74, 6) is -0.960. The zero-order valence-corrected chi connectivity index (χ0v) is 20.5. The van der Waals surface area contributed by atoms with Gasteiger partial charge in [0.2, 0.25) is 0 Å². The average molecular weight is 459 g/mol. The minimum Gasteiger partial charge on any atom is -0.378 e. The normalized spacial score (nSPS) is 16.0. The Morgan fingerprint density at radius 2 is 1.97 bits per heavy atom. The number of hydrogen-bond acceptors (Lipinski definition) is 5. The number of pyridine rings is 1. The summed E-state index contributed by atoms with van der Waals surface area (Å²) in [6.45, 7) is 7.92. The largest absolute Gasteiger partial charge is 0.378 e. The molecule has 1 aromatic carbocycles. The second-order valence-electron chi connectivity index (χ2n) is 9.16. The molecule has 4 rings (SSSR count). The predicted octanol–water partition coefficient (Wildman–Crippen LogP) is 4.04. The zero-order valence-electron chi connectivity index (χ0n) is 20.5. The minimum atomic E-state index is -0.459. The number of fused-ring (bicyclic) bond motifs is 1. The van der Waals surface area contributed by atoms with Crippen LogP contribution in [0.1, 0.15) is 44.1 Å². The summed E-state index contributed by atoms with van der Waals surface area (Å²) in [7, 11) is 3.97. The quantitative estimate of drug-likeness (QED) is 0.602. The molecule has 1 unspecified atom stereocenters. The molecule has 1 N–H and O–H groups in total. The Bertz CT molecular complexity index is 1330. The van der Waals surface area contributed by atoms with Crippen LogP contribution in [-0.4, -0.2) is 52.9 Å². The van der Waals surface area contributed by atoms with E-state index in [1.165, 1.54) is 0 Å². The van der Waals surface area contributed by atoms with Gasteiger partial charge in [0.15, 0.2) is 5.65 Å².